The van der Waals surface area contributed by atoms with E-state index in [1.807, 2.05) is 0 Å². The van der Waals surface area contributed by atoms with Crippen molar-refractivity contribution in [2.24, 2.45) is 0 Å². The van der Waals surface area contributed by atoms with E-state index in [0.29, 0.717) is 4.47 Å². The minimum Gasteiger partial charge on any atom is -0.207 e. The number of halogens is 5. The highest BCUT2D eigenvalue weighted by Crippen LogP contribution is 2.27. The van der Waals surface area contributed by atoms with E-state index in [9.17, 15) is 26.0 Å². The number of nitrogens with zero attached hydrogens (tertiary/aromatic N) is 1. The number of sulfonamides is 1. The van der Waals surface area contributed by atoms with Crippen molar-refractivity contribution in [3.8, 4) is 0 Å². The lowest BCUT2D eigenvalue weighted by Crippen LogP contribution is -2.43. The van der Waals surface area contributed by atoms with Crippen LogP contribution in [0.2, 0.25) is 0 Å². The molecule has 0 bridgehead atoms. The molecule has 0 spiro atoms. The Bertz CT molecular complexity index is 587. The lowest BCUT2D eigenvalue weighted by molar-refractivity contribution is -0.138. The molecule has 3 nitrogen and oxygen atoms in total. The van der Waals surface area contributed by atoms with Crippen molar-refractivity contribution in [1.82, 2.24) is 4.31 Å². The van der Waals surface area contributed by atoms with Gasteiger partial charge in [0, 0.05) is 10.5 Å². The Hall–Kier alpha value is -0.670. The third-order valence-corrected chi connectivity index (χ3v) is 4.94. The van der Waals surface area contributed by atoms with E-state index in [4.69, 9.17) is 0 Å². The van der Waals surface area contributed by atoms with Crippen LogP contribution in [0, 0.1) is 5.82 Å². The van der Waals surface area contributed by atoms with Crippen LogP contribution >= 0.6 is 15.9 Å². The fraction of sp³-hybridized carbons (Fsp3) is 0.455. The molecule has 0 atom stereocenters. The van der Waals surface area contributed by atoms with Crippen molar-refractivity contribution in [3.63, 3.8) is 0 Å². The van der Waals surface area contributed by atoms with Crippen molar-refractivity contribution < 1.29 is 26.0 Å². The van der Waals surface area contributed by atoms with Gasteiger partial charge >= 0.3 is 6.18 Å². The van der Waals surface area contributed by atoms with Gasteiger partial charge in [0.05, 0.1) is 0 Å². The van der Waals surface area contributed by atoms with Gasteiger partial charge in [0.15, 0.2) is 0 Å². The van der Waals surface area contributed by atoms with E-state index in [1.54, 1.807) is 0 Å². The fourth-order valence-electron chi connectivity index (χ4n) is 1.53. The average Bonchev–Trinajstić information content (AvgIpc) is 2.23. The van der Waals surface area contributed by atoms with Crippen LogP contribution < -0.4 is 0 Å². The third-order valence-electron chi connectivity index (χ3n) is 2.39. The van der Waals surface area contributed by atoms with Crippen LogP contribution in [0.25, 0.3) is 0 Å². The summed E-state index contributed by atoms with van der Waals surface area (Å²) >= 11 is 2.95. The molecule has 0 aliphatic heterocycles. The van der Waals surface area contributed by atoms with E-state index in [-0.39, 0.29) is 4.31 Å². The molecule has 0 heterocycles. The zero-order valence-corrected chi connectivity index (χ0v) is 13.0. The molecule has 0 saturated carbocycles. The van der Waals surface area contributed by atoms with E-state index < -0.39 is 39.5 Å². The monoisotopic (exact) mass is 377 g/mol. The highest BCUT2D eigenvalue weighted by atomic mass is 79.9. The molecule has 0 aliphatic rings. The van der Waals surface area contributed by atoms with Gasteiger partial charge in [-0.25, -0.2) is 12.8 Å². The minimum absolute atomic E-state index is 0.222. The molecule has 114 valence electrons. The predicted molar refractivity (Wildman–Crippen MR) is 69.2 cm³/mol. The van der Waals surface area contributed by atoms with E-state index in [2.05, 4.69) is 15.9 Å². The number of benzene rings is 1. The van der Waals surface area contributed by atoms with Gasteiger partial charge in [-0.1, -0.05) is 15.9 Å². The third kappa shape index (κ3) is 4.16. The second-order valence-corrected chi connectivity index (χ2v) is 7.11. The van der Waals surface area contributed by atoms with Gasteiger partial charge in [0.2, 0.25) is 10.0 Å². The smallest absolute Gasteiger partial charge is 0.207 e. The van der Waals surface area contributed by atoms with Gasteiger partial charge in [0.1, 0.15) is 17.3 Å². The summed E-state index contributed by atoms with van der Waals surface area (Å²) in [4.78, 5) is -0.779. The molecule has 1 rings (SSSR count). The Morgan fingerprint density at radius 3 is 2.25 bits per heavy atom. The van der Waals surface area contributed by atoms with Crippen LogP contribution in [-0.4, -0.2) is 31.5 Å². The first-order valence-electron chi connectivity index (χ1n) is 5.49. The second-order valence-electron chi connectivity index (χ2n) is 4.33. The Kier molecular flexibility index (Phi) is 5.20. The summed E-state index contributed by atoms with van der Waals surface area (Å²) in [6.45, 7) is 0.919. The predicted octanol–water partition coefficient (Wildman–Crippen LogP) is 3.55. The normalized spacial score (nSPS) is 13.2. The highest BCUT2D eigenvalue weighted by Gasteiger charge is 2.39. The van der Waals surface area contributed by atoms with Gasteiger partial charge in [0.25, 0.3) is 0 Å². The number of hydrogen-bond acceptors (Lipinski definition) is 2. The van der Waals surface area contributed by atoms with Gasteiger partial charge in [-0.05, 0) is 32.0 Å². The first-order chi connectivity index (χ1) is 8.95. The summed E-state index contributed by atoms with van der Waals surface area (Å²) in [5.74, 6) is -1.10. The van der Waals surface area contributed by atoms with Crippen molar-refractivity contribution in [3.05, 3.63) is 28.5 Å². The van der Waals surface area contributed by atoms with Crippen molar-refractivity contribution in [1.29, 1.82) is 0 Å². The maximum Gasteiger partial charge on any atom is 0.402 e. The summed E-state index contributed by atoms with van der Waals surface area (Å²) < 4.78 is 75.9. The Morgan fingerprint density at radius 2 is 1.85 bits per heavy atom. The van der Waals surface area contributed by atoms with Crippen LogP contribution in [0.3, 0.4) is 0 Å². The van der Waals surface area contributed by atoms with Crippen LogP contribution in [0.5, 0.6) is 0 Å². The van der Waals surface area contributed by atoms with Crippen LogP contribution in [0.4, 0.5) is 17.6 Å². The number of hydrogen-bond donors (Lipinski definition) is 0. The van der Waals surface area contributed by atoms with Crippen molar-refractivity contribution in [2.45, 2.75) is 31.0 Å². The molecular weight excluding hydrogens is 366 g/mol. The lowest BCUT2D eigenvalue weighted by atomic mass is 10.3. The van der Waals surface area contributed by atoms with Crippen LogP contribution in [0.15, 0.2) is 27.6 Å². The summed E-state index contributed by atoms with van der Waals surface area (Å²) in [5.41, 5.74) is 0. The zero-order chi connectivity index (χ0) is 15.7. The van der Waals surface area contributed by atoms with E-state index in [1.165, 1.54) is 19.9 Å². The Balaban J connectivity index is 3.30. The van der Waals surface area contributed by atoms with E-state index in [0.717, 1.165) is 12.1 Å². The average molecular weight is 378 g/mol. The maximum atomic E-state index is 13.7. The first kappa shape index (κ1) is 17.4. The molecule has 0 radical (unpaired) electrons. The number of rotatable bonds is 4. The quantitative estimate of drug-likeness (QED) is 0.752. The highest BCUT2D eigenvalue weighted by molar-refractivity contribution is 9.10. The van der Waals surface area contributed by atoms with Crippen LogP contribution in [0.1, 0.15) is 13.8 Å². The molecule has 9 heteroatoms. The summed E-state index contributed by atoms with van der Waals surface area (Å²) in [6, 6.07) is 2.12. The molecule has 0 aliphatic carbocycles. The molecule has 1 aromatic rings. The summed E-state index contributed by atoms with van der Waals surface area (Å²) in [7, 11) is -4.56. The lowest BCUT2D eigenvalue weighted by Gasteiger charge is -2.27. The summed E-state index contributed by atoms with van der Waals surface area (Å²) in [6.07, 6.45) is -4.71. The van der Waals surface area contributed by atoms with Crippen molar-refractivity contribution >= 4 is 26.0 Å². The second kappa shape index (κ2) is 5.98. The molecular formula is C11H12BrF4NO2S. The summed E-state index contributed by atoms with van der Waals surface area (Å²) in [5, 5.41) is 0. The van der Waals surface area contributed by atoms with Crippen molar-refractivity contribution in [2.75, 3.05) is 6.54 Å². The first-order valence-corrected chi connectivity index (χ1v) is 7.72. The van der Waals surface area contributed by atoms with Gasteiger partial charge < -0.3 is 0 Å². The minimum atomic E-state index is -4.71. The molecule has 0 fully saturated rings. The molecule has 20 heavy (non-hydrogen) atoms. The van der Waals surface area contributed by atoms with Gasteiger partial charge in [-0.2, -0.15) is 17.5 Å². The fourth-order valence-corrected chi connectivity index (χ4v) is 3.54. The Labute approximate surface area is 122 Å². The standard InChI is InChI=1S/C11H12BrF4NO2S/c1-7(2)17(6-11(14,15)16)20(18,19)10-4-3-8(12)5-9(10)13/h3-5,7H,6H2,1-2H3. The SMILES string of the molecule is CC(C)N(CC(F)(F)F)S(=O)(=O)c1ccc(Br)cc1F. The maximum absolute atomic E-state index is 13.7. The molecule has 0 saturated heterocycles. The molecule has 0 amide bonds. The molecule has 0 N–H and O–H groups in total. The van der Waals surface area contributed by atoms with Gasteiger partial charge in [-0.15, -0.1) is 0 Å². The van der Waals surface area contributed by atoms with Gasteiger partial charge in [-0.3, -0.25) is 0 Å². The molecule has 0 unspecified atom stereocenters. The molecule has 1 aromatic carbocycles. The van der Waals surface area contributed by atoms with Crippen LogP contribution in [-0.2, 0) is 10.0 Å². The molecule has 0 aromatic heterocycles. The topological polar surface area (TPSA) is 37.4 Å². The largest absolute Gasteiger partial charge is 0.402 e. The number of alkyl halides is 3. The Morgan fingerprint density at radius 1 is 1.30 bits per heavy atom. The zero-order valence-electron chi connectivity index (χ0n) is 10.6. The van der Waals surface area contributed by atoms with E-state index >= 15 is 0 Å².